The fourth-order valence-corrected chi connectivity index (χ4v) is 2.66. The van der Waals surface area contributed by atoms with E-state index in [1.165, 1.54) is 19.5 Å². The molecule has 0 bridgehead atoms. The summed E-state index contributed by atoms with van der Waals surface area (Å²) in [6.45, 7) is 14.4. The molecule has 1 rings (SSSR count). The van der Waals surface area contributed by atoms with Crippen LogP contribution >= 0.6 is 0 Å². The summed E-state index contributed by atoms with van der Waals surface area (Å²) in [4.78, 5) is 2.61. The zero-order chi connectivity index (χ0) is 10.0. The maximum atomic E-state index is 2.61. The van der Waals surface area contributed by atoms with Crippen LogP contribution in [-0.4, -0.2) is 24.0 Å². The van der Waals surface area contributed by atoms with E-state index in [-0.39, 0.29) is 0 Å². The van der Waals surface area contributed by atoms with E-state index >= 15 is 0 Å². The van der Waals surface area contributed by atoms with E-state index in [9.17, 15) is 0 Å². The lowest BCUT2D eigenvalue weighted by Gasteiger charge is -2.40. The van der Waals surface area contributed by atoms with Gasteiger partial charge < -0.3 is 4.90 Å². The van der Waals surface area contributed by atoms with Gasteiger partial charge in [-0.1, -0.05) is 20.8 Å². The van der Waals surface area contributed by atoms with E-state index in [0.717, 1.165) is 23.8 Å². The third-order valence-electron chi connectivity index (χ3n) is 3.59. The van der Waals surface area contributed by atoms with Crippen LogP contribution in [-0.2, 0) is 0 Å². The first kappa shape index (κ1) is 11.0. The molecule has 1 heteroatoms. The molecule has 0 N–H and O–H groups in total. The van der Waals surface area contributed by atoms with Gasteiger partial charge in [0.25, 0.3) is 0 Å². The first-order valence-corrected chi connectivity index (χ1v) is 5.76. The van der Waals surface area contributed by atoms with Gasteiger partial charge in [0.1, 0.15) is 0 Å². The van der Waals surface area contributed by atoms with Crippen LogP contribution in [0.2, 0.25) is 0 Å². The minimum absolute atomic E-state index is 0.732. The molecule has 1 aliphatic heterocycles. The Morgan fingerprint density at radius 1 is 1.15 bits per heavy atom. The largest absolute Gasteiger partial charge is 0.301 e. The predicted octanol–water partition coefficient (Wildman–Crippen LogP) is 3.01. The first-order valence-electron chi connectivity index (χ1n) is 5.76. The number of rotatable bonds is 2. The average Bonchev–Trinajstić information content (AvgIpc) is 2.03. The summed E-state index contributed by atoms with van der Waals surface area (Å²) < 4.78 is 0. The molecule has 0 aromatic rings. The lowest BCUT2D eigenvalue weighted by molar-refractivity contribution is 0.0799. The number of hydrogen-bond acceptors (Lipinski definition) is 1. The lowest BCUT2D eigenvalue weighted by atomic mass is 9.79. The molecule has 1 nitrogen and oxygen atoms in total. The second-order valence-corrected chi connectivity index (χ2v) is 5.26. The summed E-state index contributed by atoms with van der Waals surface area (Å²) in [7, 11) is 0. The minimum atomic E-state index is 0.732. The van der Waals surface area contributed by atoms with Crippen molar-refractivity contribution in [2.75, 3.05) is 13.1 Å². The van der Waals surface area contributed by atoms with Gasteiger partial charge in [-0.3, -0.25) is 0 Å². The van der Waals surface area contributed by atoms with Crippen molar-refractivity contribution in [2.45, 2.75) is 47.1 Å². The summed E-state index contributed by atoms with van der Waals surface area (Å²) in [6.07, 6.45) is 1.40. The van der Waals surface area contributed by atoms with Crippen molar-refractivity contribution >= 4 is 0 Å². The van der Waals surface area contributed by atoms with Crippen molar-refractivity contribution in [3.63, 3.8) is 0 Å². The van der Waals surface area contributed by atoms with Gasteiger partial charge in [-0.05, 0) is 44.6 Å². The lowest BCUT2D eigenvalue weighted by Crippen LogP contribution is -2.44. The summed E-state index contributed by atoms with van der Waals surface area (Å²) >= 11 is 0. The Morgan fingerprint density at radius 3 is 2.15 bits per heavy atom. The minimum Gasteiger partial charge on any atom is -0.301 e. The first-order chi connectivity index (χ1) is 6.02. The molecule has 0 aromatic carbocycles. The molecular formula is C12H25N. The van der Waals surface area contributed by atoms with Crippen LogP contribution in [0.15, 0.2) is 0 Å². The van der Waals surface area contributed by atoms with Crippen LogP contribution in [0.25, 0.3) is 0 Å². The van der Waals surface area contributed by atoms with Crippen LogP contribution < -0.4 is 0 Å². The fraction of sp³-hybridized carbons (Fsp3) is 1.00. The molecule has 78 valence electrons. The molecule has 0 amide bonds. The fourth-order valence-electron chi connectivity index (χ4n) is 2.66. The topological polar surface area (TPSA) is 3.24 Å². The van der Waals surface area contributed by atoms with E-state index in [4.69, 9.17) is 0 Å². The Bertz CT molecular complexity index is 151. The molecule has 1 unspecified atom stereocenters. The van der Waals surface area contributed by atoms with E-state index in [0.29, 0.717) is 0 Å². The summed E-state index contributed by atoms with van der Waals surface area (Å²) in [6, 6.07) is 0.732. The van der Waals surface area contributed by atoms with Gasteiger partial charge in [-0.15, -0.1) is 0 Å². The molecule has 0 spiro atoms. The van der Waals surface area contributed by atoms with Crippen molar-refractivity contribution in [1.29, 1.82) is 0 Å². The zero-order valence-electron chi connectivity index (χ0n) is 9.88. The smallest absolute Gasteiger partial charge is 0.00387 e. The van der Waals surface area contributed by atoms with E-state index < -0.39 is 0 Å². The molecule has 0 aliphatic carbocycles. The van der Waals surface area contributed by atoms with Crippen molar-refractivity contribution in [3.05, 3.63) is 0 Å². The molecule has 1 heterocycles. The third-order valence-corrected chi connectivity index (χ3v) is 3.59. The monoisotopic (exact) mass is 183 g/mol. The van der Waals surface area contributed by atoms with Crippen LogP contribution in [0.4, 0.5) is 0 Å². The van der Waals surface area contributed by atoms with Gasteiger partial charge in [-0.25, -0.2) is 0 Å². The Morgan fingerprint density at radius 2 is 1.77 bits per heavy atom. The highest BCUT2D eigenvalue weighted by atomic mass is 15.2. The second-order valence-electron chi connectivity index (χ2n) is 5.26. The highest BCUT2D eigenvalue weighted by Crippen LogP contribution is 2.30. The Hall–Kier alpha value is -0.0400. The highest BCUT2D eigenvalue weighted by Gasteiger charge is 2.28. The summed E-state index contributed by atoms with van der Waals surface area (Å²) in [5.74, 6) is 2.70. The maximum Gasteiger partial charge on any atom is 0.00387 e. The van der Waals surface area contributed by atoms with Crippen molar-refractivity contribution in [3.8, 4) is 0 Å². The average molecular weight is 183 g/mol. The van der Waals surface area contributed by atoms with E-state index in [1.54, 1.807) is 0 Å². The second kappa shape index (κ2) is 4.45. The molecule has 1 saturated heterocycles. The molecule has 0 aromatic heterocycles. The van der Waals surface area contributed by atoms with Gasteiger partial charge in [0.15, 0.2) is 0 Å². The highest BCUT2D eigenvalue weighted by molar-refractivity contribution is 4.80. The standard InChI is InChI=1S/C12H25N/c1-9(2)12-6-7-13(10(3)4)8-11(12)5/h9-12H,6-8H2,1-5H3/t11-,12?/m0/s1. The Kier molecular flexibility index (Phi) is 3.78. The van der Waals surface area contributed by atoms with Crippen molar-refractivity contribution < 1.29 is 0 Å². The van der Waals surface area contributed by atoms with Crippen molar-refractivity contribution in [1.82, 2.24) is 4.90 Å². The van der Waals surface area contributed by atoms with Gasteiger partial charge >= 0.3 is 0 Å². The van der Waals surface area contributed by atoms with E-state index in [2.05, 4.69) is 39.5 Å². The van der Waals surface area contributed by atoms with Crippen molar-refractivity contribution in [2.24, 2.45) is 17.8 Å². The van der Waals surface area contributed by atoms with Gasteiger partial charge in [0.05, 0.1) is 0 Å². The number of piperidine rings is 1. The molecule has 0 saturated carbocycles. The van der Waals surface area contributed by atoms with Crippen LogP contribution in [0.1, 0.15) is 41.0 Å². The van der Waals surface area contributed by atoms with Gasteiger partial charge in [0, 0.05) is 12.6 Å². The van der Waals surface area contributed by atoms with Gasteiger partial charge in [0.2, 0.25) is 0 Å². The third kappa shape index (κ3) is 2.70. The maximum absolute atomic E-state index is 2.61. The molecule has 2 atom stereocenters. The number of likely N-dealkylation sites (tertiary alicyclic amines) is 1. The van der Waals surface area contributed by atoms with E-state index in [1.807, 2.05) is 0 Å². The normalized spacial score (nSPS) is 31.6. The molecule has 13 heavy (non-hydrogen) atoms. The Labute approximate surface area is 83.5 Å². The van der Waals surface area contributed by atoms with Crippen LogP contribution in [0, 0.1) is 17.8 Å². The number of hydrogen-bond donors (Lipinski definition) is 0. The molecule has 1 fully saturated rings. The summed E-state index contributed by atoms with van der Waals surface area (Å²) in [5.41, 5.74) is 0. The predicted molar refractivity (Wildman–Crippen MR) is 58.8 cm³/mol. The summed E-state index contributed by atoms with van der Waals surface area (Å²) in [5, 5.41) is 0. The van der Waals surface area contributed by atoms with Crippen LogP contribution in [0.5, 0.6) is 0 Å². The van der Waals surface area contributed by atoms with Crippen LogP contribution in [0.3, 0.4) is 0 Å². The molecule has 1 aliphatic rings. The quantitative estimate of drug-likeness (QED) is 0.636. The SMILES string of the molecule is CC(C)C1CCN(C(C)C)C[C@@H]1C. The Balaban J connectivity index is 2.46. The zero-order valence-corrected chi connectivity index (χ0v) is 9.88. The molecular weight excluding hydrogens is 158 g/mol. The molecule has 0 radical (unpaired) electrons. The number of nitrogens with zero attached hydrogens (tertiary/aromatic N) is 1. The van der Waals surface area contributed by atoms with Gasteiger partial charge in [-0.2, -0.15) is 0 Å².